The van der Waals surface area contributed by atoms with Crippen molar-refractivity contribution in [2.24, 2.45) is 0 Å². The van der Waals surface area contributed by atoms with E-state index in [0.29, 0.717) is 6.04 Å². The van der Waals surface area contributed by atoms with Gasteiger partial charge in [0, 0.05) is 5.39 Å². The zero-order chi connectivity index (χ0) is 7.97. The summed E-state index contributed by atoms with van der Waals surface area (Å²) in [7, 11) is 0. The van der Waals surface area contributed by atoms with Gasteiger partial charge in [-0.1, -0.05) is 0 Å². The summed E-state index contributed by atoms with van der Waals surface area (Å²) in [4.78, 5) is 0. The van der Waals surface area contributed by atoms with Gasteiger partial charge in [-0.2, -0.15) is 15.3 Å². The average molecular weight is 160 g/mol. The molecule has 0 saturated heterocycles. The van der Waals surface area contributed by atoms with Crippen LogP contribution in [0.3, 0.4) is 0 Å². The molecule has 0 amide bonds. The quantitative estimate of drug-likeness (QED) is 0.628. The maximum Gasteiger partial charge on any atom is 0.0903 e. The van der Waals surface area contributed by atoms with Crippen molar-refractivity contribution in [1.82, 2.24) is 20.0 Å². The second-order valence-electron chi connectivity index (χ2n) is 3.15. The van der Waals surface area contributed by atoms with Crippen molar-refractivity contribution < 1.29 is 0 Å². The molecule has 0 aliphatic heterocycles. The normalized spacial score (nSPS) is 17.0. The lowest BCUT2D eigenvalue weighted by Crippen LogP contribution is -1.95. The zero-order valence-corrected chi connectivity index (χ0v) is 6.51. The van der Waals surface area contributed by atoms with Crippen LogP contribution < -0.4 is 0 Å². The van der Waals surface area contributed by atoms with Crippen LogP contribution in [-0.2, 0) is 0 Å². The maximum absolute atomic E-state index is 4.29. The Balaban J connectivity index is 2.30. The SMILES string of the molecule is c1nncc2c1cnn2C1CC1. The number of hydrogen-bond acceptors (Lipinski definition) is 3. The third-order valence-electron chi connectivity index (χ3n) is 2.20. The molecule has 2 aromatic heterocycles. The molecule has 3 rings (SSSR count). The van der Waals surface area contributed by atoms with E-state index in [9.17, 15) is 0 Å². The highest BCUT2D eigenvalue weighted by Crippen LogP contribution is 2.36. The van der Waals surface area contributed by atoms with Gasteiger partial charge in [0.1, 0.15) is 0 Å². The second-order valence-corrected chi connectivity index (χ2v) is 3.15. The largest absolute Gasteiger partial charge is 0.260 e. The van der Waals surface area contributed by atoms with Gasteiger partial charge in [0.15, 0.2) is 0 Å². The Labute approximate surface area is 69.2 Å². The summed E-state index contributed by atoms with van der Waals surface area (Å²) in [6, 6.07) is 0.617. The zero-order valence-electron chi connectivity index (χ0n) is 6.51. The molecule has 0 aromatic carbocycles. The Bertz CT molecular complexity index is 416. The minimum Gasteiger partial charge on any atom is -0.260 e. The van der Waals surface area contributed by atoms with Crippen LogP contribution in [0.1, 0.15) is 18.9 Å². The number of rotatable bonds is 1. The molecular weight excluding hydrogens is 152 g/mol. The van der Waals surface area contributed by atoms with E-state index in [1.54, 1.807) is 12.4 Å². The number of nitrogens with zero attached hydrogens (tertiary/aromatic N) is 4. The third kappa shape index (κ3) is 0.747. The maximum atomic E-state index is 4.29. The van der Waals surface area contributed by atoms with Crippen LogP contribution in [0.4, 0.5) is 0 Å². The highest BCUT2D eigenvalue weighted by Gasteiger charge is 2.25. The third-order valence-corrected chi connectivity index (χ3v) is 2.20. The predicted molar refractivity (Wildman–Crippen MR) is 43.6 cm³/mol. The molecule has 1 fully saturated rings. The van der Waals surface area contributed by atoms with Crippen molar-refractivity contribution in [3.05, 3.63) is 18.6 Å². The molecule has 60 valence electrons. The Kier molecular flexibility index (Phi) is 1.03. The lowest BCUT2D eigenvalue weighted by atomic mass is 10.4. The highest BCUT2D eigenvalue weighted by molar-refractivity contribution is 5.76. The van der Waals surface area contributed by atoms with Crippen molar-refractivity contribution in [1.29, 1.82) is 0 Å². The number of hydrogen-bond donors (Lipinski definition) is 0. The summed E-state index contributed by atoms with van der Waals surface area (Å²) >= 11 is 0. The minimum absolute atomic E-state index is 0.617. The van der Waals surface area contributed by atoms with E-state index in [4.69, 9.17) is 0 Å². The minimum atomic E-state index is 0.617. The average Bonchev–Trinajstić information content (AvgIpc) is 2.86. The van der Waals surface area contributed by atoms with Crippen molar-refractivity contribution in [2.45, 2.75) is 18.9 Å². The molecule has 0 atom stereocenters. The number of aromatic nitrogens is 4. The molecule has 1 aliphatic carbocycles. The molecule has 2 aromatic rings. The summed E-state index contributed by atoms with van der Waals surface area (Å²) in [6.45, 7) is 0. The van der Waals surface area contributed by atoms with Crippen molar-refractivity contribution in [3.63, 3.8) is 0 Å². The lowest BCUT2D eigenvalue weighted by molar-refractivity contribution is 0.664. The monoisotopic (exact) mass is 160 g/mol. The van der Waals surface area contributed by atoms with Gasteiger partial charge < -0.3 is 0 Å². The van der Waals surface area contributed by atoms with Crippen molar-refractivity contribution in [3.8, 4) is 0 Å². The first-order valence-corrected chi connectivity index (χ1v) is 4.09. The molecule has 0 spiro atoms. The first-order valence-electron chi connectivity index (χ1n) is 4.09. The van der Waals surface area contributed by atoms with Crippen LogP contribution in [-0.4, -0.2) is 20.0 Å². The molecule has 4 nitrogen and oxygen atoms in total. The first-order chi connectivity index (χ1) is 5.95. The molecular formula is C8H8N4. The topological polar surface area (TPSA) is 43.6 Å². The Hall–Kier alpha value is -1.45. The van der Waals surface area contributed by atoms with Gasteiger partial charge in [0.25, 0.3) is 0 Å². The lowest BCUT2D eigenvalue weighted by Gasteiger charge is -1.97. The van der Waals surface area contributed by atoms with Crippen molar-refractivity contribution >= 4 is 10.9 Å². The van der Waals surface area contributed by atoms with E-state index in [1.807, 2.05) is 10.9 Å². The van der Waals surface area contributed by atoms with Crippen LogP contribution >= 0.6 is 0 Å². The van der Waals surface area contributed by atoms with Gasteiger partial charge in [-0.25, -0.2) is 0 Å². The molecule has 0 N–H and O–H groups in total. The van der Waals surface area contributed by atoms with E-state index in [0.717, 1.165) is 10.9 Å². The van der Waals surface area contributed by atoms with Crippen LogP contribution in [0.2, 0.25) is 0 Å². The summed E-state index contributed by atoms with van der Waals surface area (Å²) in [5, 5.41) is 13.0. The van der Waals surface area contributed by atoms with Gasteiger partial charge in [0.2, 0.25) is 0 Å². The molecule has 0 radical (unpaired) electrons. The Morgan fingerprint density at radius 2 is 2.00 bits per heavy atom. The number of fused-ring (bicyclic) bond motifs is 1. The van der Waals surface area contributed by atoms with Crippen LogP contribution in [0.5, 0.6) is 0 Å². The molecule has 0 unspecified atom stereocenters. The van der Waals surface area contributed by atoms with Crippen LogP contribution in [0.15, 0.2) is 18.6 Å². The molecule has 1 saturated carbocycles. The fourth-order valence-corrected chi connectivity index (χ4v) is 1.41. The summed E-state index contributed by atoms with van der Waals surface area (Å²) < 4.78 is 2.05. The van der Waals surface area contributed by atoms with Gasteiger partial charge in [-0.15, -0.1) is 0 Å². The predicted octanol–water partition coefficient (Wildman–Crippen LogP) is 1.16. The molecule has 12 heavy (non-hydrogen) atoms. The Morgan fingerprint density at radius 3 is 2.83 bits per heavy atom. The summed E-state index contributed by atoms with van der Waals surface area (Å²) in [5.74, 6) is 0. The summed E-state index contributed by atoms with van der Waals surface area (Å²) in [5.41, 5.74) is 1.10. The smallest absolute Gasteiger partial charge is 0.0903 e. The van der Waals surface area contributed by atoms with E-state index in [2.05, 4.69) is 15.3 Å². The van der Waals surface area contributed by atoms with E-state index < -0.39 is 0 Å². The Morgan fingerprint density at radius 1 is 1.17 bits per heavy atom. The fraction of sp³-hybridized carbons (Fsp3) is 0.375. The summed E-state index contributed by atoms with van der Waals surface area (Å²) in [6.07, 6.45) is 7.88. The standard InChI is InChI=1S/C8H8N4/c1-2-7(1)12-8-5-10-9-3-6(8)4-11-12/h3-5,7H,1-2H2. The molecule has 2 heterocycles. The van der Waals surface area contributed by atoms with Gasteiger partial charge in [0.05, 0.1) is 30.1 Å². The molecule has 4 heteroatoms. The van der Waals surface area contributed by atoms with Gasteiger partial charge in [-0.05, 0) is 12.8 Å². The fourth-order valence-electron chi connectivity index (χ4n) is 1.41. The van der Waals surface area contributed by atoms with Crippen molar-refractivity contribution in [2.75, 3.05) is 0 Å². The van der Waals surface area contributed by atoms with E-state index in [1.165, 1.54) is 12.8 Å². The molecule has 0 bridgehead atoms. The first kappa shape index (κ1) is 6.11. The van der Waals surface area contributed by atoms with Crippen LogP contribution in [0, 0.1) is 0 Å². The molecule has 1 aliphatic rings. The van der Waals surface area contributed by atoms with Crippen LogP contribution in [0.25, 0.3) is 10.9 Å². The van der Waals surface area contributed by atoms with Gasteiger partial charge >= 0.3 is 0 Å². The van der Waals surface area contributed by atoms with E-state index >= 15 is 0 Å². The second kappa shape index (κ2) is 2.03. The van der Waals surface area contributed by atoms with Gasteiger partial charge in [-0.3, -0.25) is 4.68 Å². The highest BCUT2D eigenvalue weighted by atomic mass is 15.3. The van der Waals surface area contributed by atoms with E-state index in [-0.39, 0.29) is 0 Å².